The average molecular weight is 486 g/mol. The topological polar surface area (TPSA) is 64.0 Å². The van der Waals surface area contributed by atoms with E-state index >= 15 is 0 Å². The van der Waals surface area contributed by atoms with Crippen LogP contribution in [0.4, 0.5) is 5.69 Å². The van der Waals surface area contributed by atoms with E-state index in [1.54, 1.807) is 4.57 Å². The highest BCUT2D eigenvalue weighted by Gasteiger charge is 2.15. The molecule has 0 radical (unpaired) electrons. The second-order valence-corrected chi connectivity index (χ2v) is 9.40. The first-order valence-corrected chi connectivity index (χ1v) is 13.2. The van der Waals surface area contributed by atoms with E-state index in [4.69, 9.17) is 4.98 Å². The van der Waals surface area contributed by atoms with Gasteiger partial charge in [-0.2, -0.15) is 0 Å². The quantitative estimate of drug-likeness (QED) is 0.225. The lowest BCUT2D eigenvalue weighted by Gasteiger charge is -2.15. The highest BCUT2D eigenvalue weighted by molar-refractivity contribution is 7.99. The summed E-state index contributed by atoms with van der Waals surface area (Å²) in [5.41, 5.74) is 5.01. The molecule has 1 aromatic heterocycles. The average Bonchev–Trinajstić information content (AvgIpc) is 2.89. The first-order valence-electron chi connectivity index (χ1n) is 12.2. The van der Waals surface area contributed by atoms with Crippen LogP contribution < -0.4 is 10.9 Å². The Balaban J connectivity index is 1.53. The molecule has 6 heteroatoms. The number of hydrogen-bond acceptors (Lipinski definition) is 4. The van der Waals surface area contributed by atoms with E-state index in [0.717, 1.165) is 42.5 Å². The van der Waals surface area contributed by atoms with Crippen LogP contribution in [0.25, 0.3) is 10.9 Å². The molecule has 1 heterocycles. The maximum Gasteiger partial charge on any atom is 0.262 e. The number of aromatic nitrogens is 2. The largest absolute Gasteiger partial charge is 0.325 e. The molecule has 0 unspecified atom stereocenters. The third-order valence-electron chi connectivity index (χ3n) is 6.11. The fourth-order valence-electron chi connectivity index (χ4n) is 4.25. The summed E-state index contributed by atoms with van der Waals surface area (Å²) in [5.74, 6) is 0.0915. The van der Waals surface area contributed by atoms with E-state index in [0.29, 0.717) is 22.6 Å². The number of thioether (sulfide) groups is 1. The second kappa shape index (κ2) is 11.8. The van der Waals surface area contributed by atoms with E-state index in [2.05, 4.69) is 43.4 Å². The predicted molar refractivity (Wildman–Crippen MR) is 145 cm³/mol. The first-order chi connectivity index (χ1) is 17.1. The lowest BCUT2D eigenvalue weighted by molar-refractivity contribution is -0.113. The van der Waals surface area contributed by atoms with Gasteiger partial charge >= 0.3 is 0 Å². The van der Waals surface area contributed by atoms with Gasteiger partial charge in [-0.1, -0.05) is 86.3 Å². The molecule has 4 aromatic rings. The molecule has 4 rings (SSSR count). The zero-order chi connectivity index (χ0) is 24.6. The lowest BCUT2D eigenvalue weighted by atomic mass is 10.0. The molecule has 180 valence electrons. The standard InChI is InChI=1S/C29H31N3O2S/c1-3-22-15-10-16-23(4-2)27(22)31-26(33)20-35-29-30-25-18-9-8-17-24(25)28(34)32(29)19-11-14-21-12-6-5-7-13-21/h5-10,12-13,15-18H,3-4,11,14,19-20H2,1-2H3,(H,31,33). The number of fused-ring (bicyclic) bond motifs is 1. The molecule has 1 N–H and O–H groups in total. The first kappa shape index (κ1) is 24.7. The van der Waals surface area contributed by atoms with Gasteiger partial charge in [-0.3, -0.25) is 14.2 Å². The summed E-state index contributed by atoms with van der Waals surface area (Å²) >= 11 is 1.32. The van der Waals surface area contributed by atoms with Crippen LogP contribution in [-0.4, -0.2) is 21.2 Å². The van der Waals surface area contributed by atoms with E-state index in [1.807, 2.05) is 48.5 Å². The molecule has 3 aromatic carbocycles. The number of hydrogen-bond donors (Lipinski definition) is 1. The smallest absolute Gasteiger partial charge is 0.262 e. The number of nitrogens with one attached hydrogen (secondary N) is 1. The Labute approximate surface area is 210 Å². The summed E-state index contributed by atoms with van der Waals surface area (Å²) in [6.45, 7) is 4.73. The van der Waals surface area contributed by atoms with Gasteiger partial charge in [0.25, 0.3) is 5.56 Å². The van der Waals surface area contributed by atoms with Gasteiger partial charge in [0, 0.05) is 12.2 Å². The van der Waals surface area contributed by atoms with Gasteiger partial charge < -0.3 is 5.32 Å². The molecule has 0 atom stereocenters. The van der Waals surface area contributed by atoms with Crippen molar-refractivity contribution in [2.75, 3.05) is 11.1 Å². The van der Waals surface area contributed by atoms with Crippen molar-refractivity contribution in [1.29, 1.82) is 0 Å². The number of benzene rings is 3. The van der Waals surface area contributed by atoms with Crippen molar-refractivity contribution in [2.24, 2.45) is 0 Å². The second-order valence-electron chi connectivity index (χ2n) is 8.45. The number of amides is 1. The third kappa shape index (κ3) is 6.01. The predicted octanol–water partition coefficient (Wildman–Crippen LogP) is 5.88. The Morgan fingerprint density at radius 1 is 0.914 bits per heavy atom. The molecular weight excluding hydrogens is 454 g/mol. The van der Waals surface area contributed by atoms with Crippen LogP contribution in [0.15, 0.2) is 82.7 Å². The van der Waals surface area contributed by atoms with Crippen LogP contribution in [-0.2, 0) is 30.6 Å². The van der Waals surface area contributed by atoms with Gasteiger partial charge in [0.05, 0.1) is 16.7 Å². The summed E-state index contributed by atoms with van der Waals surface area (Å²) < 4.78 is 1.72. The molecule has 0 saturated carbocycles. The zero-order valence-corrected chi connectivity index (χ0v) is 21.1. The zero-order valence-electron chi connectivity index (χ0n) is 20.3. The molecule has 5 nitrogen and oxygen atoms in total. The molecule has 0 bridgehead atoms. The maximum atomic E-state index is 13.3. The van der Waals surface area contributed by atoms with Crippen molar-refractivity contribution in [3.8, 4) is 0 Å². The van der Waals surface area contributed by atoms with Crippen LogP contribution >= 0.6 is 11.8 Å². The number of aryl methyl sites for hydroxylation is 3. The number of carbonyl (C=O) groups is 1. The van der Waals surface area contributed by atoms with Crippen molar-refractivity contribution in [3.63, 3.8) is 0 Å². The summed E-state index contributed by atoms with van der Waals surface area (Å²) in [4.78, 5) is 31.0. The molecule has 0 aliphatic carbocycles. The third-order valence-corrected chi connectivity index (χ3v) is 7.09. The molecule has 1 amide bonds. The fourth-order valence-corrected chi connectivity index (χ4v) is 5.08. The Morgan fingerprint density at radius 3 is 2.31 bits per heavy atom. The summed E-state index contributed by atoms with van der Waals surface area (Å²) in [5, 5.41) is 4.29. The number of para-hydroxylation sites is 2. The summed E-state index contributed by atoms with van der Waals surface area (Å²) in [6, 6.07) is 23.8. The van der Waals surface area contributed by atoms with Gasteiger partial charge in [-0.25, -0.2) is 4.98 Å². The van der Waals surface area contributed by atoms with Crippen LogP contribution in [0.2, 0.25) is 0 Å². The monoisotopic (exact) mass is 485 g/mol. The molecule has 0 fully saturated rings. The molecular formula is C29H31N3O2S. The fraction of sp³-hybridized carbons (Fsp3) is 0.276. The highest BCUT2D eigenvalue weighted by Crippen LogP contribution is 2.24. The van der Waals surface area contributed by atoms with E-state index in [9.17, 15) is 9.59 Å². The molecule has 0 aliphatic rings. The molecule has 0 saturated heterocycles. The normalized spacial score (nSPS) is 11.0. The summed E-state index contributed by atoms with van der Waals surface area (Å²) in [6.07, 6.45) is 3.39. The summed E-state index contributed by atoms with van der Waals surface area (Å²) in [7, 11) is 0. The molecule has 0 spiro atoms. The van der Waals surface area contributed by atoms with Crippen LogP contribution in [0.3, 0.4) is 0 Å². The van der Waals surface area contributed by atoms with Gasteiger partial charge in [0.1, 0.15) is 0 Å². The number of anilines is 1. The minimum Gasteiger partial charge on any atom is -0.325 e. The van der Waals surface area contributed by atoms with Crippen LogP contribution in [0, 0.1) is 0 Å². The van der Waals surface area contributed by atoms with E-state index in [-0.39, 0.29) is 17.2 Å². The van der Waals surface area contributed by atoms with Crippen LogP contribution in [0.1, 0.15) is 37.0 Å². The van der Waals surface area contributed by atoms with Crippen molar-refractivity contribution >= 4 is 34.3 Å². The van der Waals surface area contributed by atoms with Crippen molar-refractivity contribution in [1.82, 2.24) is 9.55 Å². The minimum atomic E-state index is -0.0937. The Kier molecular flexibility index (Phi) is 8.37. The van der Waals surface area contributed by atoms with Crippen LogP contribution in [0.5, 0.6) is 0 Å². The van der Waals surface area contributed by atoms with Crippen molar-refractivity contribution in [3.05, 3.63) is 99.8 Å². The minimum absolute atomic E-state index is 0.0591. The number of nitrogens with zero attached hydrogens (tertiary/aromatic N) is 2. The van der Waals surface area contributed by atoms with Gasteiger partial charge in [0.15, 0.2) is 5.16 Å². The lowest BCUT2D eigenvalue weighted by Crippen LogP contribution is -2.25. The van der Waals surface area contributed by atoms with Gasteiger partial charge in [0.2, 0.25) is 5.91 Å². The highest BCUT2D eigenvalue weighted by atomic mass is 32.2. The molecule has 0 aliphatic heterocycles. The Bertz CT molecular complexity index is 1340. The van der Waals surface area contributed by atoms with Crippen molar-refractivity contribution < 1.29 is 4.79 Å². The van der Waals surface area contributed by atoms with E-state index < -0.39 is 0 Å². The van der Waals surface area contributed by atoms with Gasteiger partial charge in [-0.05, 0) is 54.5 Å². The SMILES string of the molecule is CCc1cccc(CC)c1NC(=O)CSc1nc2ccccc2c(=O)n1CCCc1ccccc1. The maximum absolute atomic E-state index is 13.3. The number of carbonyl (C=O) groups excluding carboxylic acids is 1. The van der Waals surface area contributed by atoms with Crippen molar-refractivity contribution in [2.45, 2.75) is 51.2 Å². The Hall–Kier alpha value is -3.38. The van der Waals surface area contributed by atoms with E-state index in [1.165, 1.54) is 17.3 Å². The van der Waals surface area contributed by atoms with Gasteiger partial charge in [-0.15, -0.1) is 0 Å². The molecule has 35 heavy (non-hydrogen) atoms. The number of rotatable bonds is 10. The Morgan fingerprint density at radius 2 is 1.60 bits per heavy atom.